The number of aliphatic hydroxyl groups is 1. The molecule has 1 N–H and O–H groups in total. The second-order valence-electron chi connectivity index (χ2n) is 8.13. The first-order chi connectivity index (χ1) is 16.0. The Balaban J connectivity index is 1.57. The average molecular weight is 467 g/mol. The summed E-state index contributed by atoms with van der Waals surface area (Å²) >= 11 is 6.22. The molecule has 1 unspecified atom stereocenters. The van der Waals surface area contributed by atoms with E-state index in [1.807, 2.05) is 36.4 Å². The summed E-state index contributed by atoms with van der Waals surface area (Å²) < 4.78 is 5.39. The van der Waals surface area contributed by atoms with E-state index in [9.17, 15) is 14.7 Å². The quantitative estimate of drug-likeness (QED) is 0.594. The zero-order chi connectivity index (χ0) is 23.2. The molecule has 0 saturated carbocycles. The van der Waals surface area contributed by atoms with Crippen molar-refractivity contribution in [3.8, 4) is 0 Å². The van der Waals surface area contributed by atoms with Crippen molar-refractivity contribution in [3.05, 3.63) is 88.2 Å². The molecule has 4 rings (SSSR count). The van der Waals surface area contributed by atoms with Gasteiger partial charge in [0.2, 0.25) is 0 Å². The van der Waals surface area contributed by atoms with Gasteiger partial charge >= 0.3 is 0 Å². The highest BCUT2D eigenvalue weighted by Crippen LogP contribution is 2.38. The lowest BCUT2D eigenvalue weighted by Gasteiger charge is -2.30. The fourth-order valence-electron chi connectivity index (χ4n) is 4.27. The Morgan fingerprint density at radius 1 is 1.09 bits per heavy atom. The number of ketones is 1. The monoisotopic (exact) mass is 466 g/mol. The van der Waals surface area contributed by atoms with Crippen LogP contribution in [0.3, 0.4) is 0 Å². The Hall–Kier alpha value is -2.93. The number of benzene rings is 2. The third kappa shape index (κ3) is 5.53. The number of carbonyl (C=O) groups is 2. The van der Waals surface area contributed by atoms with E-state index >= 15 is 0 Å². The van der Waals surface area contributed by atoms with Crippen LogP contribution in [0.4, 0.5) is 0 Å². The molecule has 2 aliphatic heterocycles. The van der Waals surface area contributed by atoms with Crippen LogP contribution < -0.4 is 0 Å². The van der Waals surface area contributed by atoms with Gasteiger partial charge in [-0.3, -0.25) is 14.5 Å². The molecule has 1 fully saturated rings. The van der Waals surface area contributed by atoms with Gasteiger partial charge in [0.15, 0.2) is 11.5 Å². The first kappa shape index (κ1) is 23.2. The minimum Gasteiger partial charge on any atom is -0.503 e. The third-order valence-corrected chi connectivity index (χ3v) is 6.17. The van der Waals surface area contributed by atoms with Crippen molar-refractivity contribution in [2.75, 3.05) is 39.4 Å². The largest absolute Gasteiger partial charge is 0.503 e. The fourth-order valence-corrected chi connectivity index (χ4v) is 4.47. The highest BCUT2D eigenvalue weighted by Gasteiger charge is 2.42. The van der Waals surface area contributed by atoms with Crippen LogP contribution in [0.25, 0.3) is 6.08 Å². The van der Waals surface area contributed by atoms with E-state index < -0.39 is 23.5 Å². The third-order valence-electron chi connectivity index (χ3n) is 5.94. The molecular weight excluding hydrogens is 440 g/mol. The van der Waals surface area contributed by atoms with Gasteiger partial charge in [-0.2, -0.15) is 0 Å². The van der Waals surface area contributed by atoms with Crippen LogP contribution in [0.1, 0.15) is 23.6 Å². The molecule has 0 radical (unpaired) electrons. The zero-order valence-electron chi connectivity index (χ0n) is 18.3. The molecule has 0 aliphatic carbocycles. The molecule has 2 aliphatic rings. The second kappa shape index (κ2) is 10.8. The van der Waals surface area contributed by atoms with Crippen molar-refractivity contribution in [1.82, 2.24) is 9.80 Å². The number of morpholine rings is 1. The molecule has 1 amide bonds. The van der Waals surface area contributed by atoms with Gasteiger partial charge in [-0.15, -0.1) is 0 Å². The zero-order valence-corrected chi connectivity index (χ0v) is 19.1. The molecule has 2 aromatic rings. The summed E-state index contributed by atoms with van der Waals surface area (Å²) in [6.45, 7) is 4.38. The van der Waals surface area contributed by atoms with Gasteiger partial charge in [-0.1, -0.05) is 60.1 Å². The van der Waals surface area contributed by atoms with Crippen LogP contribution in [0, 0.1) is 0 Å². The highest BCUT2D eigenvalue weighted by atomic mass is 35.5. The van der Waals surface area contributed by atoms with Gasteiger partial charge in [-0.05, 0) is 35.8 Å². The van der Waals surface area contributed by atoms with Crippen LogP contribution in [0.5, 0.6) is 0 Å². The molecule has 1 saturated heterocycles. The summed E-state index contributed by atoms with van der Waals surface area (Å²) in [7, 11) is 0. The summed E-state index contributed by atoms with van der Waals surface area (Å²) in [6, 6.07) is 15.8. The summed E-state index contributed by atoms with van der Waals surface area (Å²) in [5, 5.41) is 11.2. The van der Waals surface area contributed by atoms with E-state index in [4.69, 9.17) is 16.3 Å². The average Bonchev–Trinajstić information content (AvgIpc) is 3.09. The number of aliphatic hydroxyl groups excluding tert-OH is 1. The van der Waals surface area contributed by atoms with E-state index in [2.05, 4.69) is 4.90 Å². The Morgan fingerprint density at radius 3 is 2.58 bits per heavy atom. The Bertz CT molecular complexity index is 1060. The SMILES string of the molecule is O=C(/C=C/c1ccccc1)C1=C(O)C(=O)N(CCCN2CCOCC2)C1c1cccc(Cl)c1. The van der Waals surface area contributed by atoms with Gasteiger partial charge in [-0.25, -0.2) is 0 Å². The van der Waals surface area contributed by atoms with Crippen molar-refractivity contribution in [2.45, 2.75) is 12.5 Å². The summed E-state index contributed by atoms with van der Waals surface area (Å²) in [5.41, 5.74) is 1.64. The van der Waals surface area contributed by atoms with Crippen LogP contribution >= 0.6 is 11.6 Å². The normalized spacial score (nSPS) is 19.6. The minimum absolute atomic E-state index is 0.0841. The molecule has 6 nitrogen and oxygen atoms in total. The maximum atomic E-state index is 13.2. The van der Waals surface area contributed by atoms with Crippen LogP contribution in [0.15, 0.2) is 72.0 Å². The van der Waals surface area contributed by atoms with Gasteiger partial charge in [0, 0.05) is 31.2 Å². The predicted octanol–water partition coefficient (Wildman–Crippen LogP) is 4.04. The first-order valence-corrected chi connectivity index (χ1v) is 11.5. The molecule has 7 heteroatoms. The van der Waals surface area contributed by atoms with Crippen molar-refractivity contribution in [1.29, 1.82) is 0 Å². The van der Waals surface area contributed by atoms with Crippen molar-refractivity contribution in [2.24, 2.45) is 0 Å². The summed E-state index contributed by atoms with van der Waals surface area (Å²) in [5.74, 6) is -1.42. The van der Waals surface area contributed by atoms with Crippen molar-refractivity contribution < 1.29 is 19.4 Å². The number of ether oxygens (including phenoxy) is 1. The van der Waals surface area contributed by atoms with Crippen molar-refractivity contribution >= 4 is 29.4 Å². The maximum Gasteiger partial charge on any atom is 0.290 e. The number of hydrogen-bond acceptors (Lipinski definition) is 5. The first-order valence-electron chi connectivity index (χ1n) is 11.1. The lowest BCUT2D eigenvalue weighted by atomic mass is 9.95. The number of carbonyl (C=O) groups excluding carboxylic acids is 2. The van der Waals surface area contributed by atoms with Gasteiger partial charge in [0.1, 0.15) is 0 Å². The summed E-state index contributed by atoms with van der Waals surface area (Å²) in [6.07, 6.45) is 3.81. The topological polar surface area (TPSA) is 70.1 Å². The van der Waals surface area contributed by atoms with Crippen LogP contribution in [0.2, 0.25) is 5.02 Å². The van der Waals surface area contributed by atoms with Crippen molar-refractivity contribution in [3.63, 3.8) is 0 Å². The number of rotatable bonds is 8. The predicted molar refractivity (Wildman–Crippen MR) is 128 cm³/mol. The molecule has 1 atom stereocenters. The number of nitrogens with zero attached hydrogens (tertiary/aromatic N) is 2. The highest BCUT2D eigenvalue weighted by molar-refractivity contribution is 6.30. The Kier molecular flexibility index (Phi) is 7.60. The van der Waals surface area contributed by atoms with E-state index in [0.717, 1.165) is 31.6 Å². The lowest BCUT2D eigenvalue weighted by Crippen LogP contribution is -2.39. The summed E-state index contributed by atoms with van der Waals surface area (Å²) in [4.78, 5) is 30.1. The fraction of sp³-hybridized carbons (Fsp3) is 0.308. The van der Waals surface area contributed by atoms with Crippen LogP contribution in [-0.4, -0.2) is 66.0 Å². The molecule has 2 aromatic carbocycles. The van der Waals surface area contributed by atoms with E-state index in [-0.39, 0.29) is 5.57 Å². The van der Waals surface area contributed by atoms with Gasteiger partial charge in [0.25, 0.3) is 5.91 Å². The van der Waals surface area contributed by atoms with Crippen LogP contribution in [-0.2, 0) is 14.3 Å². The molecule has 0 spiro atoms. The van der Waals surface area contributed by atoms with E-state index in [0.29, 0.717) is 30.3 Å². The Morgan fingerprint density at radius 2 is 1.85 bits per heavy atom. The smallest absolute Gasteiger partial charge is 0.290 e. The second-order valence-corrected chi connectivity index (χ2v) is 8.57. The van der Waals surface area contributed by atoms with Gasteiger partial charge < -0.3 is 14.7 Å². The molecule has 2 heterocycles. The van der Waals surface area contributed by atoms with Gasteiger partial charge in [0.05, 0.1) is 24.8 Å². The number of halogens is 1. The Labute approximate surface area is 198 Å². The van der Waals surface area contributed by atoms with E-state index in [1.54, 1.807) is 29.2 Å². The molecule has 172 valence electrons. The molecule has 0 bridgehead atoms. The number of amides is 1. The molecular formula is C26H27ClN2O4. The van der Waals surface area contributed by atoms with E-state index in [1.165, 1.54) is 6.08 Å². The minimum atomic E-state index is -0.686. The molecule has 33 heavy (non-hydrogen) atoms. The lowest BCUT2D eigenvalue weighted by molar-refractivity contribution is -0.129. The standard InChI is InChI=1S/C26H27ClN2O4/c27-21-9-4-8-20(18-21)24-23(22(30)11-10-19-6-2-1-3-7-19)25(31)26(32)29(24)13-5-12-28-14-16-33-17-15-28/h1-4,6-11,18,24,31H,5,12-17H2/b11-10+. The molecule has 0 aromatic heterocycles. The maximum absolute atomic E-state index is 13.2. The number of allylic oxidation sites excluding steroid dienone is 1. The number of hydrogen-bond donors (Lipinski definition) is 1.